The number of hydrogen-bond acceptors (Lipinski definition) is 6. The molecule has 1 saturated carbocycles. The Kier molecular flexibility index (Phi) is 7.02. The molecule has 7 N–H and O–H groups in total. The summed E-state index contributed by atoms with van der Waals surface area (Å²) in [6.07, 6.45) is 0.883. The molecule has 154 valence electrons. The van der Waals surface area contributed by atoms with Crippen LogP contribution in [0.3, 0.4) is 0 Å². The Morgan fingerprint density at radius 3 is 2.41 bits per heavy atom. The van der Waals surface area contributed by atoms with Gasteiger partial charge in [-0.1, -0.05) is 11.8 Å². The zero-order chi connectivity index (χ0) is 21.7. The standard InChI is InChI=1S/C21H25N3O5/c1-20(2,22)17(19(27)24-29)23-18(26)16-9-7-14(8-10-16)5-3-4-6-15-11-21(28,12-15)13-25/h7-10,15,17,25,28-29H,11-13,22H2,1-2H3,(H,23,26)(H,24,27)/t15-,17-,21+/m1/s1. The van der Waals surface area contributed by atoms with Gasteiger partial charge in [-0.3, -0.25) is 14.8 Å². The lowest BCUT2D eigenvalue weighted by Gasteiger charge is -2.39. The van der Waals surface area contributed by atoms with Crippen LogP contribution in [-0.4, -0.2) is 51.0 Å². The van der Waals surface area contributed by atoms with Gasteiger partial charge in [0.1, 0.15) is 6.04 Å². The first-order valence-corrected chi connectivity index (χ1v) is 9.06. The number of aliphatic hydroxyl groups is 2. The number of nitrogens with two attached hydrogens (primary N) is 1. The van der Waals surface area contributed by atoms with Gasteiger partial charge in [-0.2, -0.15) is 0 Å². The van der Waals surface area contributed by atoms with Gasteiger partial charge in [0.25, 0.3) is 11.8 Å². The quantitative estimate of drug-likeness (QED) is 0.224. The summed E-state index contributed by atoms with van der Waals surface area (Å²) in [4.78, 5) is 24.1. The molecule has 29 heavy (non-hydrogen) atoms. The highest BCUT2D eigenvalue weighted by Crippen LogP contribution is 2.36. The van der Waals surface area contributed by atoms with Gasteiger partial charge < -0.3 is 21.3 Å². The van der Waals surface area contributed by atoms with Gasteiger partial charge in [0, 0.05) is 22.6 Å². The molecule has 8 nitrogen and oxygen atoms in total. The first kappa shape index (κ1) is 22.4. The van der Waals surface area contributed by atoms with Crippen LogP contribution in [0, 0.1) is 29.6 Å². The number of amides is 2. The highest BCUT2D eigenvalue weighted by molar-refractivity contribution is 5.97. The number of rotatable bonds is 5. The van der Waals surface area contributed by atoms with Crippen molar-refractivity contribution in [3.05, 3.63) is 35.4 Å². The summed E-state index contributed by atoms with van der Waals surface area (Å²) in [7, 11) is 0. The fraction of sp³-hybridized carbons (Fsp3) is 0.429. The summed E-state index contributed by atoms with van der Waals surface area (Å²) in [6.45, 7) is 2.85. The number of carbonyl (C=O) groups excluding carboxylic acids is 2. The van der Waals surface area contributed by atoms with Crippen molar-refractivity contribution in [1.82, 2.24) is 10.8 Å². The summed E-state index contributed by atoms with van der Waals surface area (Å²) in [5.74, 6) is 9.94. The molecule has 0 bridgehead atoms. The molecule has 1 aromatic carbocycles. The van der Waals surface area contributed by atoms with Crippen molar-refractivity contribution < 1.29 is 25.0 Å². The monoisotopic (exact) mass is 399 g/mol. The third kappa shape index (κ3) is 6.05. The Morgan fingerprint density at radius 1 is 1.28 bits per heavy atom. The Balaban J connectivity index is 1.97. The minimum atomic E-state index is -1.12. The van der Waals surface area contributed by atoms with Crippen LogP contribution in [0.15, 0.2) is 24.3 Å². The Bertz CT molecular complexity index is 875. The molecule has 0 spiro atoms. The predicted molar refractivity (Wildman–Crippen MR) is 105 cm³/mol. The first-order valence-electron chi connectivity index (χ1n) is 9.06. The molecular formula is C21H25N3O5. The number of nitrogens with one attached hydrogen (secondary N) is 2. The largest absolute Gasteiger partial charge is 0.393 e. The zero-order valence-electron chi connectivity index (χ0n) is 16.3. The molecule has 1 aliphatic carbocycles. The van der Waals surface area contributed by atoms with Crippen LogP contribution in [0.5, 0.6) is 0 Å². The van der Waals surface area contributed by atoms with Crippen molar-refractivity contribution >= 4 is 11.8 Å². The summed E-state index contributed by atoms with van der Waals surface area (Å²) in [6, 6.07) is 5.28. The van der Waals surface area contributed by atoms with E-state index in [-0.39, 0.29) is 12.5 Å². The van der Waals surface area contributed by atoms with Crippen molar-refractivity contribution in [2.45, 2.75) is 43.9 Å². The lowest BCUT2D eigenvalue weighted by atomic mass is 9.72. The van der Waals surface area contributed by atoms with Gasteiger partial charge in [-0.15, -0.1) is 0 Å². The maximum Gasteiger partial charge on any atom is 0.267 e. The molecule has 0 heterocycles. The average Bonchev–Trinajstić information content (AvgIpc) is 2.66. The lowest BCUT2D eigenvalue weighted by Crippen LogP contribution is -2.61. The van der Waals surface area contributed by atoms with Crippen LogP contribution in [0.25, 0.3) is 0 Å². The van der Waals surface area contributed by atoms with E-state index in [1.165, 1.54) is 5.48 Å². The van der Waals surface area contributed by atoms with Gasteiger partial charge in [0.05, 0.1) is 12.2 Å². The summed E-state index contributed by atoms with van der Waals surface area (Å²) in [5.41, 5.74) is 6.26. The molecule has 0 saturated heterocycles. The number of hydroxylamine groups is 1. The van der Waals surface area contributed by atoms with Gasteiger partial charge in [0.15, 0.2) is 0 Å². The maximum absolute atomic E-state index is 12.4. The molecule has 2 rings (SSSR count). The minimum absolute atomic E-state index is 0.0309. The van der Waals surface area contributed by atoms with Crippen LogP contribution < -0.4 is 16.5 Å². The molecule has 8 heteroatoms. The van der Waals surface area contributed by atoms with Gasteiger partial charge >= 0.3 is 0 Å². The van der Waals surface area contributed by atoms with E-state index < -0.39 is 29.0 Å². The molecule has 1 aliphatic rings. The average molecular weight is 399 g/mol. The van der Waals surface area contributed by atoms with Crippen molar-refractivity contribution in [3.8, 4) is 23.7 Å². The molecule has 2 amide bonds. The smallest absolute Gasteiger partial charge is 0.267 e. The second-order valence-corrected chi connectivity index (χ2v) is 7.79. The van der Waals surface area contributed by atoms with Crippen molar-refractivity contribution in [1.29, 1.82) is 0 Å². The first-order chi connectivity index (χ1) is 13.6. The Labute approximate surface area is 169 Å². The molecule has 0 unspecified atom stereocenters. The van der Waals surface area contributed by atoms with Crippen LogP contribution in [0.1, 0.15) is 42.6 Å². The van der Waals surface area contributed by atoms with Gasteiger partial charge in [0.2, 0.25) is 0 Å². The Morgan fingerprint density at radius 2 is 1.90 bits per heavy atom. The van der Waals surface area contributed by atoms with E-state index in [0.29, 0.717) is 24.0 Å². The maximum atomic E-state index is 12.4. The van der Waals surface area contributed by atoms with E-state index in [4.69, 9.17) is 16.0 Å². The van der Waals surface area contributed by atoms with Crippen molar-refractivity contribution in [2.24, 2.45) is 11.7 Å². The van der Waals surface area contributed by atoms with Crippen molar-refractivity contribution in [2.75, 3.05) is 6.61 Å². The predicted octanol–water partition coefficient (Wildman–Crippen LogP) is -0.484. The number of benzene rings is 1. The fourth-order valence-electron chi connectivity index (χ4n) is 2.90. The highest BCUT2D eigenvalue weighted by atomic mass is 16.5. The topological polar surface area (TPSA) is 145 Å². The van der Waals surface area contributed by atoms with E-state index in [1.54, 1.807) is 38.1 Å². The lowest BCUT2D eigenvalue weighted by molar-refractivity contribution is -0.132. The molecule has 1 aromatic rings. The van der Waals surface area contributed by atoms with E-state index in [2.05, 4.69) is 29.0 Å². The van der Waals surface area contributed by atoms with Gasteiger partial charge in [-0.05, 0) is 62.8 Å². The Hall–Kier alpha value is -2.88. The van der Waals surface area contributed by atoms with Crippen LogP contribution in [0.4, 0.5) is 0 Å². The number of hydrogen-bond donors (Lipinski definition) is 6. The van der Waals surface area contributed by atoms with Crippen LogP contribution in [-0.2, 0) is 4.79 Å². The van der Waals surface area contributed by atoms with Crippen LogP contribution >= 0.6 is 0 Å². The van der Waals surface area contributed by atoms with E-state index in [1.807, 2.05) is 0 Å². The number of aliphatic hydroxyl groups excluding tert-OH is 1. The summed E-state index contributed by atoms with van der Waals surface area (Å²) < 4.78 is 0. The summed E-state index contributed by atoms with van der Waals surface area (Å²) >= 11 is 0. The number of carbonyl (C=O) groups is 2. The second kappa shape index (κ2) is 9.08. The minimum Gasteiger partial charge on any atom is -0.393 e. The fourth-order valence-corrected chi connectivity index (χ4v) is 2.90. The third-order valence-electron chi connectivity index (χ3n) is 4.63. The van der Waals surface area contributed by atoms with Crippen molar-refractivity contribution in [3.63, 3.8) is 0 Å². The second-order valence-electron chi connectivity index (χ2n) is 7.79. The molecule has 0 aliphatic heterocycles. The van der Waals surface area contributed by atoms with Crippen LogP contribution in [0.2, 0.25) is 0 Å². The molecule has 0 radical (unpaired) electrons. The van der Waals surface area contributed by atoms with E-state index >= 15 is 0 Å². The normalized spacial score (nSPS) is 21.4. The van der Waals surface area contributed by atoms with E-state index in [9.17, 15) is 14.7 Å². The molecule has 1 fully saturated rings. The molecular weight excluding hydrogens is 374 g/mol. The third-order valence-corrected chi connectivity index (χ3v) is 4.63. The highest BCUT2D eigenvalue weighted by Gasteiger charge is 2.41. The SMILES string of the molecule is CC(C)(N)[C@H](NC(=O)c1ccc(C#CC#C[C@H]2C[C@](O)(CO)C2)cc1)C(=O)NO. The van der Waals surface area contributed by atoms with E-state index in [0.717, 1.165) is 0 Å². The van der Waals surface area contributed by atoms with Gasteiger partial charge in [-0.25, -0.2) is 5.48 Å². The summed E-state index contributed by atoms with van der Waals surface area (Å²) in [5, 5.41) is 30.0. The zero-order valence-corrected chi connectivity index (χ0v) is 16.3. The molecule has 0 aromatic heterocycles. The molecule has 1 atom stereocenters.